The van der Waals surface area contributed by atoms with Crippen molar-refractivity contribution in [3.63, 3.8) is 0 Å². The number of ether oxygens (including phenoxy) is 2. The van der Waals surface area contributed by atoms with Crippen LogP contribution in [-0.2, 0) is 22.5 Å². The number of hydrogen-bond acceptors (Lipinski definition) is 8. The van der Waals surface area contributed by atoms with Gasteiger partial charge >= 0.3 is 5.97 Å². The summed E-state index contributed by atoms with van der Waals surface area (Å²) in [5.74, 6) is -0.759. The van der Waals surface area contributed by atoms with E-state index in [-0.39, 0.29) is 55.0 Å². The van der Waals surface area contributed by atoms with E-state index in [2.05, 4.69) is 15.4 Å². The maximum atomic E-state index is 13.7. The first kappa shape index (κ1) is 28.1. The molecule has 2 aromatic heterocycles. The third kappa shape index (κ3) is 5.56. The Labute approximate surface area is 244 Å². The number of amides is 1. The van der Waals surface area contributed by atoms with Gasteiger partial charge in [0.15, 0.2) is 17.2 Å². The molecule has 10 nitrogen and oxygen atoms in total. The maximum absolute atomic E-state index is 13.7. The zero-order chi connectivity index (χ0) is 29.5. The molecule has 2 aromatic carbocycles. The Balaban J connectivity index is 1.17. The quantitative estimate of drug-likeness (QED) is 0.278. The second-order valence-corrected chi connectivity index (χ2v) is 10.7. The number of oxazole rings is 1. The molecule has 1 saturated carbocycles. The molecule has 4 aromatic rings. The maximum Gasteiger partial charge on any atom is 0.359 e. The molecule has 2 aliphatic rings. The Morgan fingerprint density at radius 2 is 1.95 bits per heavy atom. The van der Waals surface area contributed by atoms with Gasteiger partial charge in [-0.3, -0.25) is 4.79 Å². The summed E-state index contributed by atoms with van der Waals surface area (Å²) in [5.41, 5.74) is 2.53. The molecule has 42 heavy (non-hydrogen) atoms. The summed E-state index contributed by atoms with van der Waals surface area (Å²) in [5, 5.41) is 7.60. The minimum absolute atomic E-state index is 0.00544. The van der Waals surface area contributed by atoms with Crippen LogP contribution in [-0.4, -0.2) is 59.5 Å². The molecule has 0 bridgehead atoms. The summed E-state index contributed by atoms with van der Waals surface area (Å²) in [6, 6.07) is 5.96. The summed E-state index contributed by atoms with van der Waals surface area (Å²) in [6.07, 6.45) is 2.34. The fourth-order valence-electron chi connectivity index (χ4n) is 5.00. The van der Waals surface area contributed by atoms with Gasteiger partial charge in [0, 0.05) is 43.3 Å². The first-order chi connectivity index (χ1) is 20.2. The minimum atomic E-state index is -0.737. The molecule has 1 amide bonds. The normalized spacial score (nSPS) is 16.8. The van der Waals surface area contributed by atoms with Gasteiger partial charge in [0.05, 0.1) is 18.8 Å². The standard InChI is InChI=1S/C29H28ClF2N5O5/c1-3-40-29(39)25-19(26(30)37(35-25)13-15-8-17(31)10-18(32)9-15)6-7-33-21-14-41-24-11-20-23(12-22(24)36(2)28(21)38)42-27(34-20)16-4-5-16/h8-12,16,21,33H,3-7,13-14H2,1-2H3/t21-/m0/s1. The average Bonchev–Trinajstić information content (AvgIpc) is 3.66. The lowest BCUT2D eigenvalue weighted by molar-refractivity contribution is -0.120. The van der Waals surface area contributed by atoms with E-state index >= 15 is 0 Å². The topological polar surface area (TPSA) is 112 Å². The predicted molar refractivity (Wildman–Crippen MR) is 149 cm³/mol. The third-order valence-corrected chi connectivity index (χ3v) is 7.70. The Hall–Kier alpha value is -4.03. The Morgan fingerprint density at radius 1 is 1.19 bits per heavy atom. The zero-order valence-corrected chi connectivity index (χ0v) is 23.7. The van der Waals surface area contributed by atoms with Crippen LogP contribution in [0.1, 0.15) is 53.2 Å². The SMILES string of the molecule is CCOC(=O)c1nn(Cc2cc(F)cc(F)c2)c(Cl)c1CCN[C@H]1COc2cc3nc(C4CC4)oc3cc2N(C)C1=O. The molecule has 3 heterocycles. The van der Waals surface area contributed by atoms with E-state index in [1.165, 1.54) is 9.58 Å². The number of nitrogens with one attached hydrogen (secondary N) is 1. The number of nitrogens with zero attached hydrogens (tertiary/aromatic N) is 4. The molecular weight excluding hydrogens is 572 g/mol. The van der Waals surface area contributed by atoms with Crippen molar-refractivity contribution in [1.29, 1.82) is 0 Å². The first-order valence-corrected chi connectivity index (χ1v) is 14.0. The number of fused-ring (bicyclic) bond motifs is 2. The summed E-state index contributed by atoms with van der Waals surface area (Å²) in [7, 11) is 1.67. The number of carbonyl (C=O) groups excluding carboxylic acids is 2. The Morgan fingerprint density at radius 3 is 2.67 bits per heavy atom. The highest BCUT2D eigenvalue weighted by Gasteiger charge is 2.32. The van der Waals surface area contributed by atoms with Gasteiger partial charge in [0.2, 0.25) is 5.91 Å². The van der Waals surface area contributed by atoms with Crippen molar-refractivity contribution >= 4 is 40.3 Å². The van der Waals surface area contributed by atoms with Gasteiger partial charge in [0.1, 0.15) is 40.7 Å². The van der Waals surface area contributed by atoms with Crippen LogP contribution in [0, 0.1) is 11.6 Å². The van der Waals surface area contributed by atoms with Crippen LogP contribution >= 0.6 is 11.6 Å². The van der Waals surface area contributed by atoms with E-state index in [0.717, 1.165) is 31.0 Å². The number of likely N-dealkylation sites (N-methyl/N-ethyl adjacent to an activating group) is 1. The second kappa shape index (κ2) is 11.3. The molecule has 1 N–H and O–H groups in total. The number of anilines is 1. The van der Waals surface area contributed by atoms with Gasteiger partial charge in [-0.25, -0.2) is 23.2 Å². The van der Waals surface area contributed by atoms with Crippen molar-refractivity contribution in [2.24, 2.45) is 0 Å². The van der Waals surface area contributed by atoms with Gasteiger partial charge < -0.3 is 24.1 Å². The van der Waals surface area contributed by atoms with E-state index in [0.29, 0.717) is 39.9 Å². The Bertz CT molecular complexity index is 1660. The van der Waals surface area contributed by atoms with E-state index in [1.54, 1.807) is 26.1 Å². The van der Waals surface area contributed by atoms with E-state index in [1.807, 2.05) is 0 Å². The van der Waals surface area contributed by atoms with Crippen LogP contribution in [0.15, 0.2) is 34.7 Å². The highest BCUT2D eigenvalue weighted by Crippen LogP contribution is 2.42. The van der Waals surface area contributed by atoms with Gasteiger partial charge in [-0.15, -0.1) is 0 Å². The highest BCUT2D eigenvalue weighted by atomic mass is 35.5. The van der Waals surface area contributed by atoms with E-state index in [4.69, 9.17) is 25.5 Å². The van der Waals surface area contributed by atoms with Gasteiger partial charge in [-0.2, -0.15) is 5.10 Å². The van der Waals surface area contributed by atoms with Crippen LogP contribution in [0.2, 0.25) is 5.15 Å². The zero-order valence-electron chi connectivity index (χ0n) is 23.0. The number of carbonyl (C=O) groups is 2. The number of aromatic nitrogens is 3. The van der Waals surface area contributed by atoms with Gasteiger partial charge in [-0.05, 0) is 43.9 Å². The van der Waals surface area contributed by atoms with Gasteiger partial charge in [0.25, 0.3) is 0 Å². The van der Waals surface area contributed by atoms with Crippen LogP contribution in [0.4, 0.5) is 14.5 Å². The molecule has 220 valence electrons. The van der Waals surface area contributed by atoms with Crippen molar-refractivity contribution in [1.82, 2.24) is 20.1 Å². The van der Waals surface area contributed by atoms with Crippen molar-refractivity contribution in [2.45, 2.75) is 44.7 Å². The average molecular weight is 600 g/mol. The summed E-state index contributed by atoms with van der Waals surface area (Å²) in [6.45, 7) is 2.03. The lowest BCUT2D eigenvalue weighted by Gasteiger charge is -2.20. The van der Waals surface area contributed by atoms with Crippen LogP contribution in [0.3, 0.4) is 0 Å². The molecule has 1 aliphatic carbocycles. The summed E-state index contributed by atoms with van der Waals surface area (Å²) in [4.78, 5) is 32.1. The Kier molecular flexibility index (Phi) is 7.58. The van der Waals surface area contributed by atoms with Crippen molar-refractivity contribution in [3.05, 3.63) is 69.8 Å². The molecule has 1 atom stereocenters. The lowest BCUT2D eigenvalue weighted by Crippen LogP contribution is -2.47. The van der Waals surface area contributed by atoms with Crippen LogP contribution in [0.25, 0.3) is 11.1 Å². The van der Waals surface area contributed by atoms with Crippen molar-refractivity contribution in [2.75, 3.05) is 31.7 Å². The lowest BCUT2D eigenvalue weighted by atomic mass is 10.1. The first-order valence-electron chi connectivity index (χ1n) is 13.7. The summed E-state index contributed by atoms with van der Waals surface area (Å²) >= 11 is 6.60. The second-order valence-electron chi connectivity index (χ2n) is 10.4. The molecule has 13 heteroatoms. The molecular formula is C29H28ClF2N5O5. The third-order valence-electron chi connectivity index (χ3n) is 7.28. The fraction of sp³-hybridized carbons (Fsp3) is 0.379. The van der Waals surface area contributed by atoms with E-state index < -0.39 is 23.6 Å². The molecule has 6 rings (SSSR count). The predicted octanol–water partition coefficient (Wildman–Crippen LogP) is 4.61. The largest absolute Gasteiger partial charge is 0.489 e. The fourth-order valence-corrected chi connectivity index (χ4v) is 5.28. The molecule has 1 fully saturated rings. The van der Waals surface area contributed by atoms with E-state index in [9.17, 15) is 18.4 Å². The van der Waals surface area contributed by atoms with Crippen molar-refractivity contribution < 1.29 is 32.3 Å². The van der Waals surface area contributed by atoms with Crippen LogP contribution < -0.4 is 15.0 Å². The van der Waals surface area contributed by atoms with Crippen LogP contribution in [0.5, 0.6) is 5.75 Å². The highest BCUT2D eigenvalue weighted by molar-refractivity contribution is 6.30. The summed E-state index contributed by atoms with van der Waals surface area (Å²) < 4.78 is 45.8. The number of rotatable bonds is 9. The molecule has 0 spiro atoms. The number of halogens is 3. The monoisotopic (exact) mass is 599 g/mol. The number of esters is 1. The van der Waals surface area contributed by atoms with Crippen molar-refractivity contribution in [3.8, 4) is 5.75 Å². The number of hydrogen-bond donors (Lipinski definition) is 1. The minimum Gasteiger partial charge on any atom is -0.489 e. The number of benzene rings is 2. The molecule has 0 radical (unpaired) electrons. The smallest absolute Gasteiger partial charge is 0.359 e. The molecule has 0 saturated heterocycles. The molecule has 1 aliphatic heterocycles. The molecule has 0 unspecified atom stereocenters. The van der Waals surface area contributed by atoms with Gasteiger partial charge in [-0.1, -0.05) is 11.6 Å².